The zero-order valence-electron chi connectivity index (χ0n) is 10.8. The molecule has 1 aliphatic heterocycles. The molecular weight excluding hydrogens is 234 g/mol. The van der Waals surface area contributed by atoms with Gasteiger partial charge in [-0.15, -0.1) is 0 Å². The third-order valence-corrected chi connectivity index (χ3v) is 3.23. The second-order valence-electron chi connectivity index (χ2n) is 4.68. The van der Waals surface area contributed by atoms with Crippen molar-refractivity contribution < 1.29 is 19.4 Å². The van der Waals surface area contributed by atoms with E-state index < -0.39 is 11.9 Å². The molecule has 0 aromatic carbocycles. The Labute approximate surface area is 107 Å². The standard InChI is InChI=1S/C13H21NO4/c1-3-8-18-13(17)14-7-5-4-6-11(14)9-10(2)12(15)16/h3,10-11H,1,4-9H2,2H3,(H,15,16). The van der Waals surface area contributed by atoms with Crippen molar-refractivity contribution >= 4 is 12.1 Å². The molecule has 0 radical (unpaired) electrons. The molecule has 0 aromatic heterocycles. The van der Waals surface area contributed by atoms with Gasteiger partial charge in [0.2, 0.25) is 0 Å². The molecule has 1 aliphatic rings. The molecule has 1 N–H and O–H groups in total. The molecule has 0 saturated carbocycles. The van der Waals surface area contributed by atoms with E-state index >= 15 is 0 Å². The Morgan fingerprint density at radius 2 is 2.28 bits per heavy atom. The monoisotopic (exact) mass is 255 g/mol. The first-order valence-electron chi connectivity index (χ1n) is 6.33. The van der Waals surface area contributed by atoms with Crippen molar-refractivity contribution in [2.45, 2.75) is 38.6 Å². The summed E-state index contributed by atoms with van der Waals surface area (Å²) in [5, 5.41) is 8.93. The van der Waals surface area contributed by atoms with E-state index in [1.165, 1.54) is 6.08 Å². The minimum atomic E-state index is -0.819. The fourth-order valence-electron chi connectivity index (χ4n) is 2.21. The number of carboxylic acids is 1. The van der Waals surface area contributed by atoms with Crippen LogP contribution in [0, 0.1) is 5.92 Å². The van der Waals surface area contributed by atoms with Crippen LogP contribution in [0.1, 0.15) is 32.6 Å². The number of carbonyl (C=O) groups is 2. The van der Waals surface area contributed by atoms with Gasteiger partial charge >= 0.3 is 12.1 Å². The van der Waals surface area contributed by atoms with E-state index in [2.05, 4.69) is 6.58 Å². The summed E-state index contributed by atoms with van der Waals surface area (Å²) >= 11 is 0. The number of nitrogens with zero attached hydrogens (tertiary/aromatic N) is 1. The van der Waals surface area contributed by atoms with Crippen LogP contribution in [0.25, 0.3) is 0 Å². The molecule has 0 spiro atoms. The molecule has 1 heterocycles. The lowest BCUT2D eigenvalue weighted by Crippen LogP contribution is -2.45. The summed E-state index contributed by atoms with van der Waals surface area (Å²) in [6.45, 7) is 6.00. The van der Waals surface area contributed by atoms with Crippen LogP contribution in [0.3, 0.4) is 0 Å². The highest BCUT2D eigenvalue weighted by Gasteiger charge is 2.30. The molecule has 2 atom stereocenters. The van der Waals surface area contributed by atoms with Crippen LogP contribution >= 0.6 is 0 Å². The van der Waals surface area contributed by atoms with Crippen LogP contribution in [0.5, 0.6) is 0 Å². The lowest BCUT2D eigenvalue weighted by Gasteiger charge is -2.35. The number of carboxylic acid groups (broad SMARTS) is 1. The first kappa shape index (κ1) is 14.5. The average molecular weight is 255 g/mol. The molecule has 2 unspecified atom stereocenters. The number of ether oxygens (including phenoxy) is 1. The van der Waals surface area contributed by atoms with Gasteiger partial charge in [-0.05, 0) is 25.7 Å². The molecule has 0 aliphatic carbocycles. The molecular formula is C13H21NO4. The highest BCUT2D eigenvalue weighted by atomic mass is 16.6. The quantitative estimate of drug-likeness (QED) is 0.765. The van der Waals surface area contributed by atoms with Crippen molar-refractivity contribution in [1.82, 2.24) is 4.90 Å². The van der Waals surface area contributed by atoms with Crippen LogP contribution in [0.2, 0.25) is 0 Å². The smallest absolute Gasteiger partial charge is 0.410 e. The van der Waals surface area contributed by atoms with E-state index in [1.54, 1.807) is 11.8 Å². The van der Waals surface area contributed by atoms with Gasteiger partial charge in [0.25, 0.3) is 0 Å². The second kappa shape index (κ2) is 7.03. The van der Waals surface area contributed by atoms with E-state index in [9.17, 15) is 9.59 Å². The van der Waals surface area contributed by atoms with Gasteiger partial charge in [0.1, 0.15) is 6.61 Å². The Kier molecular flexibility index (Phi) is 5.68. The lowest BCUT2D eigenvalue weighted by molar-refractivity contribution is -0.141. The van der Waals surface area contributed by atoms with Crippen molar-refractivity contribution in [3.05, 3.63) is 12.7 Å². The fourth-order valence-corrected chi connectivity index (χ4v) is 2.21. The summed E-state index contributed by atoms with van der Waals surface area (Å²) in [5.41, 5.74) is 0. The fraction of sp³-hybridized carbons (Fsp3) is 0.692. The van der Waals surface area contributed by atoms with Gasteiger partial charge in [0.05, 0.1) is 5.92 Å². The van der Waals surface area contributed by atoms with Crippen molar-refractivity contribution in [2.75, 3.05) is 13.2 Å². The van der Waals surface area contributed by atoms with Crippen molar-refractivity contribution in [3.8, 4) is 0 Å². The van der Waals surface area contributed by atoms with E-state index in [0.29, 0.717) is 13.0 Å². The third kappa shape index (κ3) is 4.05. The predicted octanol–water partition coefficient (Wildman–Crippen LogP) is 2.27. The maximum atomic E-state index is 11.8. The minimum absolute atomic E-state index is 0.0258. The highest BCUT2D eigenvalue weighted by molar-refractivity contribution is 5.70. The number of hydrogen-bond donors (Lipinski definition) is 1. The van der Waals surface area contributed by atoms with Crippen molar-refractivity contribution in [1.29, 1.82) is 0 Å². The largest absolute Gasteiger partial charge is 0.481 e. The van der Waals surface area contributed by atoms with E-state index in [1.807, 2.05) is 0 Å². The molecule has 18 heavy (non-hydrogen) atoms. The summed E-state index contributed by atoms with van der Waals surface area (Å²) in [5.74, 6) is -1.26. The van der Waals surface area contributed by atoms with Crippen LogP contribution in [-0.4, -0.2) is 41.3 Å². The number of piperidine rings is 1. The SMILES string of the molecule is C=CCOC(=O)N1CCCCC1CC(C)C(=O)O. The lowest BCUT2D eigenvalue weighted by atomic mass is 9.93. The summed E-state index contributed by atoms with van der Waals surface area (Å²) in [7, 11) is 0. The van der Waals surface area contributed by atoms with E-state index in [4.69, 9.17) is 9.84 Å². The van der Waals surface area contributed by atoms with E-state index in [-0.39, 0.29) is 18.7 Å². The first-order chi connectivity index (χ1) is 8.56. The van der Waals surface area contributed by atoms with Gasteiger partial charge in [-0.2, -0.15) is 0 Å². The average Bonchev–Trinajstić information content (AvgIpc) is 2.36. The molecule has 0 aromatic rings. The Bertz CT molecular complexity index is 316. The Hall–Kier alpha value is -1.52. The molecule has 1 saturated heterocycles. The Morgan fingerprint density at radius 1 is 1.56 bits per heavy atom. The van der Waals surface area contributed by atoms with E-state index in [0.717, 1.165) is 19.3 Å². The normalized spacial score (nSPS) is 21.2. The van der Waals surface area contributed by atoms with Crippen LogP contribution < -0.4 is 0 Å². The number of aliphatic carboxylic acids is 1. The number of likely N-dealkylation sites (tertiary alicyclic amines) is 1. The Balaban J connectivity index is 2.58. The molecule has 102 valence electrons. The highest BCUT2D eigenvalue weighted by Crippen LogP contribution is 2.23. The first-order valence-corrected chi connectivity index (χ1v) is 6.33. The third-order valence-electron chi connectivity index (χ3n) is 3.23. The molecule has 1 amide bonds. The maximum Gasteiger partial charge on any atom is 0.410 e. The summed E-state index contributed by atoms with van der Waals surface area (Å²) < 4.78 is 5.02. The Morgan fingerprint density at radius 3 is 2.89 bits per heavy atom. The van der Waals surface area contributed by atoms with Gasteiger partial charge in [0.15, 0.2) is 0 Å². The van der Waals surface area contributed by atoms with Crippen LogP contribution in [0.15, 0.2) is 12.7 Å². The molecule has 5 nitrogen and oxygen atoms in total. The number of amides is 1. The van der Waals surface area contributed by atoms with Crippen molar-refractivity contribution in [3.63, 3.8) is 0 Å². The zero-order chi connectivity index (χ0) is 13.5. The van der Waals surface area contributed by atoms with Gasteiger partial charge in [-0.3, -0.25) is 4.79 Å². The van der Waals surface area contributed by atoms with Gasteiger partial charge in [-0.25, -0.2) is 4.79 Å². The second-order valence-corrected chi connectivity index (χ2v) is 4.68. The van der Waals surface area contributed by atoms with Crippen molar-refractivity contribution in [2.24, 2.45) is 5.92 Å². The van der Waals surface area contributed by atoms with Gasteiger partial charge < -0.3 is 14.7 Å². The molecule has 0 bridgehead atoms. The summed E-state index contributed by atoms with van der Waals surface area (Å²) in [6, 6.07) is -0.0258. The molecule has 1 fully saturated rings. The number of carbonyl (C=O) groups excluding carboxylic acids is 1. The molecule has 5 heteroatoms. The van der Waals surface area contributed by atoms with Crippen LogP contribution in [-0.2, 0) is 9.53 Å². The maximum absolute atomic E-state index is 11.8. The minimum Gasteiger partial charge on any atom is -0.481 e. The number of hydrogen-bond acceptors (Lipinski definition) is 3. The van der Waals surface area contributed by atoms with Gasteiger partial charge in [-0.1, -0.05) is 19.6 Å². The number of rotatable bonds is 5. The molecule has 1 rings (SSSR count). The summed E-state index contributed by atoms with van der Waals surface area (Å²) in [6.07, 6.45) is 4.47. The summed E-state index contributed by atoms with van der Waals surface area (Å²) in [4.78, 5) is 24.4. The topological polar surface area (TPSA) is 66.8 Å². The van der Waals surface area contributed by atoms with Gasteiger partial charge in [0, 0.05) is 12.6 Å². The van der Waals surface area contributed by atoms with Crippen LogP contribution in [0.4, 0.5) is 4.79 Å². The predicted molar refractivity (Wildman–Crippen MR) is 67.3 cm³/mol. The zero-order valence-corrected chi connectivity index (χ0v) is 10.8.